The van der Waals surface area contributed by atoms with Crippen LogP contribution in [0.5, 0.6) is 6.01 Å². The van der Waals surface area contributed by atoms with Gasteiger partial charge < -0.3 is 20.1 Å². The van der Waals surface area contributed by atoms with E-state index in [9.17, 15) is 0 Å². The Kier molecular flexibility index (Phi) is 7.64. The molecule has 1 aromatic heterocycles. The summed E-state index contributed by atoms with van der Waals surface area (Å²) in [4.78, 5) is 12.5. The number of anilines is 2. The zero-order valence-electron chi connectivity index (χ0n) is 12.8. The average Bonchev–Trinajstić information content (AvgIpc) is 2.44. The molecule has 0 aliphatic rings. The minimum atomic E-state index is 0.330. The highest BCUT2D eigenvalue weighted by atomic mass is 16.5. The normalized spacial score (nSPS) is 10.7. The third-order valence-corrected chi connectivity index (χ3v) is 2.25. The molecule has 0 bridgehead atoms. The number of nitrogens with one attached hydrogen (secondary N) is 2. The van der Waals surface area contributed by atoms with Gasteiger partial charge in [-0.05, 0) is 12.3 Å². The predicted molar refractivity (Wildman–Crippen MR) is 79.3 cm³/mol. The summed E-state index contributed by atoms with van der Waals surface area (Å²) < 4.78 is 10.9. The first-order valence-corrected chi connectivity index (χ1v) is 7.04. The van der Waals surface area contributed by atoms with Crippen molar-refractivity contribution in [2.24, 2.45) is 5.92 Å². The monoisotopic (exact) mass is 283 g/mol. The van der Waals surface area contributed by atoms with Gasteiger partial charge in [0.25, 0.3) is 0 Å². The molecule has 7 heteroatoms. The highest BCUT2D eigenvalue weighted by molar-refractivity contribution is 5.35. The fourth-order valence-corrected chi connectivity index (χ4v) is 1.36. The van der Waals surface area contributed by atoms with Crippen LogP contribution in [0.4, 0.5) is 11.9 Å². The molecule has 0 saturated heterocycles. The second-order valence-corrected chi connectivity index (χ2v) is 4.76. The van der Waals surface area contributed by atoms with Crippen molar-refractivity contribution in [1.82, 2.24) is 15.0 Å². The van der Waals surface area contributed by atoms with Crippen molar-refractivity contribution in [2.75, 3.05) is 44.0 Å². The summed E-state index contributed by atoms with van der Waals surface area (Å²) in [6, 6.07) is 0.330. The molecule has 1 rings (SSSR count). The number of ether oxygens (including phenoxy) is 2. The van der Waals surface area contributed by atoms with E-state index in [-0.39, 0.29) is 0 Å². The van der Waals surface area contributed by atoms with Crippen LogP contribution in [0.3, 0.4) is 0 Å². The molecular formula is C13H25N5O2. The van der Waals surface area contributed by atoms with E-state index in [1.807, 2.05) is 6.92 Å². The van der Waals surface area contributed by atoms with E-state index >= 15 is 0 Å². The van der Waals surface area contributed by atoms with Crippen molar-refractivity contribution in [3.05, 3.63) is 0 Å². The van der Waals surface area contributed by atoms with E-state index in [0.717, 1.165) is 13.0 Å². The maximum Gasteiger partial charge on any atom is 0.323 e. The van der Waals surface area contributed by atoms with Crippen LogP contribution in [-0.2, 0) is 4.74 Å². The molecule has 0 spiro atoms. The molecule has 1 heterocycles. The lowest BCUT2D eigenvalue weighted by molar-refractivity contribution is 0.118. The van der Waals surface area contributed by atoms with Crippen LogP contribution in [-0.4, -0.2) is 48.4 Å². The van der Waals surface area contributed by atoms with Gasteiger partial charge in [-0.3, -0.25) is 0 Å². The van der Waals surface area contributed by atoms with Crippen LogP contribution < -0.4 is 15.4 Å². The molecule has 0 aliphatic carbocycles. The minimum Gasteiger partial charge on any atom is -0.463 e. The Labute approximate surface area is 120 Å². The topological polar surface area (TPSA) is 81.2 Å². The number of aromatic nitrogens is 3. The van der Waals surface area contributed by atoms with Gasteiger partial charge in [0.15, 0.2) is 0 Å². The number of hydrogen-bond donors (Lipinski definition) is 2. The molecular weight excluding hydrogens is 258 g/mol. The van der Waals surface area contributed by atoms with Gasteiger partial charge in [-0.15, -0.1) is 0 Å². The summed E-state index contributed by atoms with van der Waals surface area (Å²) in [6.45, 7) is 8.88. The summed E-state index contributed by atoms with van der Waals surface area (Å²) >= 11 is 0. The third-order valence-electron chi connectivity index (χ3n) is 2.25. The Bertz CT molecular complexity index is 387. The Morgan fingerprint density at radius 3 is 2.50 bits per heavy atom. The minimum absolute atomic E-state index is 0.330. The molecule has 7 nitrogen and oxygen atoms in total. The van der Waals surface area contributed by atoms with Crippen molar-refractivity contribution in [3.63, 3.8) is 0 Å². The van der Waals surface area contributed by atoms with E-state index in [1.54, 1.807) is 7.05 Å². The lowest BCUT2D eigenvalue weighted by Gasteiger charge is -2.10. The van der Waals surface area contributed by atoms with Crippen LogP contribution in [0.25, 0.3) is 0 Å². The van der Waals surface area contributed by atoms with Gasteiger partial charge in [-0.2, -0.15) is 15.0 Å². The second-order valence-electron chi connectivity index (χ2n) is 4.76. The molecule has 0 aromatic carbocycles. The zero-order valence-corrected chi connectivity index (χ0v) is 12.8. The summed E-state index contributed by atoms with van der Waals surface area (Å²) in [5.74, 6) is 1.51. The van der Waals surface area contributed by atoms with Crippen molar-refractivity contribution in [2.45, 2.75) is 27.2 Å². The zero-order chi connectivity index (χ0) is 14.8. The Morgan fingerprint density at radius 2 is 1.85 bits per heavy atom. The molecule has 2 N–H and O–H groups in total. The van der Waals surface area contributed by atoms with Gasteiger partial charge in [0.05, 0.1) is 13.2 Å². The molecule has 0 aliphatic heterocycles. The summed E-state index contributed by atoms with van der Waals surface area (Å²) in [5.41, 5.74) is 0. The number of nitrogens with zero attached hydrogens (tertiary/aromatic N) is 3. The number of rotatable bonds is 10. The van der Waals surface area contributed by atoms with E-state index in [2.05, 4.69) is 39.4 Å². The molecule has 0 fully saturated rings. The van der Waals surface area contributed by atoms with Crippen LogP contribution in [0.15, 0.2) is 0 Å². The first-order valence-electron chi connectivity index (χ1n) is 7.04. The maximum atomic E-state index is 5.49. The quantitative estimate of drug-likeness (QED) is 0.633. The average molecular weight is 283 g/mol. The Hall–Kier alpha value is -1.63. The molecule has 1 aromatic rings. The van der Waals surface area contributed by atoms with Crippen LogP contribution >= 0.6 is 0 Å². The third kappa shape index (κ3) is 6.51. The highest BCUT2D eigenvalue weighted by Gasteiger charge is 2.06. The standard InChI is InChI=1S/C13H25N5O2/c1-5-7-20-13-17-11(14-4)16-12(18-13)15-6-8-19-9-10(2)3/h10H,5-9H2,1-4H3,(H2,14,15,16,17,18). The maximum absolute atomic E-state index is 5.49. The SMILES string of the molecule is CCCOc1nc(NC)nc(NCCOCC(C)C)n1. The van der Waals surface area contributed by atoms with Gasteiger partial charge in [0.1, 0.15) is 0 Å². The van der Waals surface area contributed by atoms with Crippen LogP contribution in [0, 0.1) is 5.92 Å². The van der Waals surface area contributed by atoms with Crippen molar-refractivity contribution in [3.8, 4) is 6.01 Å². The van der Waals surface area contributed by atoms with Crippen LogP contribution in [0.1, 0.15) is 27.2 Å². The van der Waals surface area contributed by atoms with Gasteiger partial charge in [0.2, 0.25) is 11.9 Å². The summed E-state index contributed by atoms with van der Waals surface area (Å²) in [5, 5.41) is 5.99. The number of hydrogen-bond acceptors (Lipinski definition) is 7. The van der Waals surface area contributed by atoms with E-state index in [1.165, 1.54) is 0 Å². The van der Waals surface area contributed by atoms with Gasteiger partial charge in [-0.1, -0.05) is 20.8 Å². The van der Waals surface area contributed by atoms with Crippen molar-refractivity contribution >= 4 is 11.9 Å². The van der Waals surface area contributed by atoms with Gasteiger partial charge >= 0.3 is 6.01 Å². The Balaban J connectivity index is 2.46. The molecule has 0 atom stereocenters. The van der Waals surface area contributed by atoms with Crippen molar-refractivity contribution in [1.29, 1.82) is 0 Å². The van der Waals surface area contributed by atoms with E-state index in [4.69, 9.17) is 9.47 Å². The highest BCUT2D eigenvalue weighted by Crippen LogP contribution is 2.10. The van der Waals surface area contributed by atoms with Gasteiger partial charge in [-0.25, -0.2) is 0 Å². The fraction of sp³-hybridized carbons (Fsp3) is 0.769. The molecule has 20 heavy (non-hydrogen) atoms. The Morgan fingerprint density at radius 1 is 1.10 bits per heavy atom. The lowest BCUT2D eigenvalue weighted by Crippen LogP contribution is -2.15. The van der Waals surface area contributed by atoms with Crippen molar-refractivity contribution < 1.29 is 9.47 Å². The first-order chi connectivity index (χ1) is 9.65. The molecule has 0 radical (unpaired) electrons. The molecule has 0 unspecified atom stereocenters. The van der Waals surface area contributed by atoms with E-state index < -0.39 is 0 Å². The molecule has 0 saturated carbocycles. The summed E-state index contributed by atoms with van der Waals surface area (Å²) in [6.07, 6.45) is 0.909. The van der Waals surface area contributed by atoms with Gasteiger partial charge in [0, 0.05) is 20.2 Å². The van der Waals surface area contributed by atoms with E-state index in [0.29, 0.717) is 43.6 Å². The van der Waals surface area contributed by atoms with Crippen LogP contribution in [0.2, 0.25) is 0 Å². The molecule has 0 amide bonds. The summed E-state index contributed by atoms with van der Waals surface area (Å²) in [7, 11) is 1.76. The first kappa shape index (κ1) is 16.4. The largest absolute Gasteiger partial charge is 0.463 e. The fourth-order valence-electron chi connectivity index (χ4n) is 1.36. The molecule has 114 valence electrons. The smallest absolute Gasteiger partial charge is 0.323 e. The second kappa shape index (κ2) is 9.30. The lowest BCUT2D eigenvalue weighted by atomic mass is 10.2. The predicted octanol–water partition coefficient (Wildman–Crippen LogP) is 1.79.